The molecule has 1 aromatic heterocycles. The Morgan fingerprint density at radius 1 is 1.05 bits per heavy atom. The average molecular weight is 293 g/mol. The molecule has 3 N–H and O–H groups in total. The topological polar surface area (TPSA) is 64.1 Å². The van der Waals surface area contributed by atoms with Crippen molar-refractivity contribution in [1.82, 2.24) is 9.55 Å². The molecule has 0 fully saturated rings. The first-order valence-electron chi connectivity index (χ1n) is 6.04. The lowest BCUT2D eigenvalue weighted by atomic mass is 10.2. The molecule has 0 spiro atoms. The molecule has 0 aliphatic rings. The molecule has 0 radical (unpaired) electrons. The van der Waals surface area contributed by atoms with E-state index >= 15 is 0 Å². The van der Waals surface area contributed by atoms with Crippen LogP contribution in [0.3, 0.4) is 0 Å². The normalized spacial score (nSPS) is 11.2. The van der Waals surface area contributed by atoms with Crippen molar-refractivity contribution >= 4 is 16.7 Å². The molecule has 21 heavy (non-hydrogen) atoms. The van der Waals surface area contributed by atoms with E-state index < -0.39 is 24.1 Å². The smallest absolute Gasteiger partial charge is 0.161 e. The van der Waals surface area contributed by atoms with Crippen molar-refractivity contribution in [3.63, 3.8) is 0 Å². The summed E-state index contributed by atoms with van der Waals surface area (Å²) in [6, 6.07) is 5.86. The summed E-state index contributed by atoms with van der Waals surface area (Å²) in [5.41, 5.74) is 6.71. The lowest BCUT2D eigenvalue weighted by Crippen LogP contribution is -2.05. The summed E-state index contributed by atoms with van der Waals surface area (Å²) in [5, 5.41) is 9.36. The van der Waals surface area contributed by atoms with Crippen molar-refractivity contribution in [1.29, 1.82) is 0 Å². The van der Waals surface area contributed by atoms with E-state index in [0.717, 1.165) is 6.07 Å². The van der Waals surface area contributed by atoms with Gasteiger partial charge in [-0.05, 0) is 18.2 Å². The highest BCUT2D eigenvalue weighted by Gasteiger charge is 2.17. The summed E-state index contributed by atoms with van der Waals surface area (Å²) < 4.78 is 41.6. The third-order valence-electron chi connectivity index (χ3n) is 3.12. The van der Waals surface area contributed by atoms with Gasteiger partial charge in [0, 0.05) is 17.8 Å². The Hall–Kier alpha value is -2.54. The molecule has 3 aromatic rings. The second-order valence-corrected chi connectivity index (χ2v) is 4.49. The van der Waals surface area contributed by atoms with Gasteiger partial charge in [0.15, 0.2) is 11.6 Å². The van der Waals surface area contributed by atoms with Gasteiger partial charge in [0.05, 0.1) is 16.7 Å². The van der Waals surface area contributed by atoms with Gasteiger partial charge < -0.3 is 10.8 Å². The van der Waals surface area contributed by atoms with Crippen molar-refractivity contribution < 1.29 is 18.3 Å². The minimum absolute atomic E-state index is 0.0977. The quantitative estimate of drug-likeness (QED) is 0.563. The van der Waals surface area contributed by atoms with Gasteiger partial charge in [-0.15, -0.1) is 0 Å². The fourth-order valence-electron chi connectivity index (χ4n) is 2.21. The summed E-state index contributed by atoms with van der Waals surface area (Å²) in [6.45, 7) is -0.493. The van der Waals surface area contributed by atoms with Crippen molar-refractivity contribution in [3.8, 4) is 5.69 Å². The van der Waals surface area contributed by atoms with E-state index in [1.165, 1.54) is 4.57 Å². The number of benzene rings is 2. The molecule has 0 unspecified atom stereocenters. The Kier molecular flexibility index (Phi) is 3.06. The number of hydrogen-bond acceptors (Lipinski definition) is 3. The number of nitrogens with two attached hydrogens (primary N) is 1. The molecule has 3 rings (SSSR count). The predicted octanol–water partition coefficient (Wildman–Crippen LogP) is 2.52. The summed E-state index contributed by atoms with van der Waals surface area (Å²) in [6.07, 6.45) is 0. The molecule has 0 atom stereocenters. The number of nitrogen functional groups attached to an aromatic ring is 1. The third-order valence-corrected chi connectivity index (χ3v) is 3.12. The second kappa shape index (κ2) is 4.78. The number of imidazole rings is 1. The monoisotopic (exact) mass is 293 g/mol. The highest BCUT2D eigenvalue weighted by molar-refractivity contribution is 5.81. The maximum atomic E-state index is 14.0. The summed E-state index contributed by atoms with van der Waals surface area (Å²) in [5.74, 6) is -3.33. The van der Waals surface area contributed by atoms with Gasteiger partial charge in [-0.3, -0.25) is 4.57 Å². The van der Waals surface area contributed by atoms with E-state index in [4.69, 9.17) is 5.73 Å². The van der Waals surface area contributed by atoms with Crippen LogP contribution in [0.2, 0.25) is 0 Å². The van der Waals surface area contributed by atoms with Crippen molar-refractivity contribution in [3.05, 3.63) is 53.6 Å². The minimum atomic E-state index is -1.28. The van der Waals surface area contributed by atoms with Gasteiger partial charge in [0.1, 0.15) is 18.2 Å². The highest BCUT2D eigenvalue weighted by atomic mass is 19.2. The van der Waals surface area contributed by atoms with Crippen LogP contribution < -0.4 is 5.73 Å². The Bertz CT molecular complexity index is 845. The Labute approximate surface area is 117 Å². The number of rotatable bonds is 2. The van der Waals surface area contributed by atoms with Crippen LogP contribution in [0.1, 0.15) is 5.82 Å². The lowest BCUT2D eigenvalue weighted by molar-refractivity contribution is 0.269. The first-order valence-corrected chi connectivity index (χ1v) is 6.04. The standard InChI is InChI=1S/C14H10F3N3O/c15-8-4-10(17)13(5-9(8)16)20-12-2-1-7(18)3-11(12)19-14(20)6-21/h1-5,21H,6,18H2. The number of aliphatic hydroxyl groups excluding tert-OH is 1. The number of aromatic nitrogens is 2. The van der Waals surface area contributed by atoms with E-state index in [0.29, 0.717) is 22.8 Å². The highest BCUT2D eigenvalue weighted by Crippen LogP contribution is 2.26. The van der Waals surface area contributed by atoms with E-state index in [-0.39, 0.29) is 11.5 Å². The summed E-state index contributed by atoms with van der Waals surface area (Å²) >= 11 is 0. The third kappa shape index (κ3) is 2.11. The molecular weight excluding hydrogens is 283 g/mol. The van der Waals surface area contributed by atoms with Gasteiger partial charge in [0.2, 0.25) is 0 Å². The molecule has 0 aliphatic heterocycles. The maximum Gasteiger partial charge on any atom is 0.161 e. The van der Waals surface area contributed by atoms with Crippen LogP contribution in [0, 0.1) is 17.5 Å². The van der Waals surface area contributed by atoms with Crippen molar-refractivity contribution in [2.24, 2.45) is 0 Å². The van der Waals surface area contributed by atoms with Crippen LogP contribution >= 0.6 is 0 Å². The van der Waals surface area contributed by atoms with Gasteiger partial charge in [0.25, 0.3) is 0 Å². The molecular formula is C14H10F3N3O. The molecule has 0 amide bonds. The maximum absolute atomic E-state index is 14.0. The lowest BCUT2D eigenvalue weighted by Gasteiger charge is -2.09. The molecule has 0 bridgehead atoms. The fourth-order valence-corrected chi connectivity index (χ4v) is 2.21. The van der Waals surface area contributed by atoms with Crippen molar-refractivity contribution in [2.75, 3.05) is 5.73 Å². The van der Waals surface area contributed by atoms with Crippen LogP contribution in [0.5, 0.6) is 0 Å². The van der Waals surface area contributed by atoms with E-state index in [9.17, 15) is 18.3 Å². The van der Waals surface area contributed by atoms with Crippen LogP contribution in [-0.2, 0) is 6.61 Å². The second-order valence-electron chi connectivity index (χ2n) is 4.49. The van der Waals surface area contributed by atoms with E-state index in [1.54, 1.807) is 18.2 Å². The molecule has 7 heteroatoms. The Morgan fingerprint density at radius 2 is 1.76 bits per heavy atom. The summed E-state index contributed by atoms with van der Waals surface area (Å²) in [4.78, 5) is 4.11. The molecule has 1 heterocycles. The number of hydrogen-bond donors (Lipinski definition) is 2. The van der Waals surface area contributed by atoms with Gasteiger partial charge in [-0.1, -0.05) is 0 Å². The first kappa shape index (κ1) is 13.4. The van der Waals surface area contributed by atoms with Gasteiger partial charge >= 0.3 is 0 Å². The van der Waals surface area contributed by atoms with E-state index in [2.05, 4.69) is 4.98 Å². The largest absolute Gasteiger partial charge is 0.399 e. The molecule has 0 saturated carbocycles. The SMILES string of the molecule is Nc1ccc2c(c1)nc(CO)n2-c1cc(F)c(F)cc1F. The van der Waals surface area contributed by atoms with Crippen LogP contribution in [-0.4, -0.2) is 14.7 Å². The Balaban J connectivity index is 2.36. The van der Waals surface area contributed by atoms with Crippen molar-refractivity contribution in [2.45, 2.75) is 6.61 Å². The zero-order valence-electron chi connectivity index (χ0n) is 10.6. The molecule has 0 saturated heterocycles. The molecule has 4 nitrogen and oxygen atoms in total. The zero-order valence-corrected chi connectivity index (χ0v) is 10.6. The molecule has 108 valence electrons. The number of halogens is 3. The Morgan fingerprint density at radius 3 is 2.48 bits per heavy atom. The predicted molar refractivity (Wildman–Crippen MR) is 71.3 cm³/mol. The number of fused-ring (bicyclic) bond motifs is 1. The number of aliphatic hydroxyl groups is 1. The van der Waals surface area contributed by atoms with Gasteiger partial charge in [-0.25, -0.2) is 18.2 Å². The van der Waals surface area contributed by atoms with Crippen LogP contribution in [0.25, 0.3) is 16.7 Å². The average Bonchev–Trinajstić information content (AvgIpc) is 2.80. The van der Waals surface area contributed by atoms with E-state index in [1.807, 2.05) is 0 Å². The minimum Gasteiger partial charge on any atom is -0.399 e. The van der Waals surface area contributed by atoms with Crippen LogP contribution in [0.4, 0.5) is 18.9 Å². The number of anilines is 1. The number of nitrogens with zero attached hydrogens (tertiary/aromatic N) is 2. The van der Waals surface area contributed by atoms with Crippen LogP contribution in [0.15, 0.2) is 30.3 Å². The first-order chi connectivity index (χ1) is 10.0. The van der Waals surface area contributed by atoms with Gasteiger partial charge in [-0.2, -0.15) is 0 Å². The summed E-state index contributed by atoms with van der Waals surface area (Å²) in [7, 11) is 0. The molecule has 2 aromatic carbocycles. The molecule has 0 aliphatic carbocycles. The fraction of sp³-hybridized carbons (Fsp3) is 0.0714. The zero-order chi connectivity index (χ0) is 15.1.